The number of hydrogen-bond donors (Lipinski definition) is 1. The van der Waals surface area contributed by atoms with Gasteiger partial charge in [0.05, 0.1) is 11.8 Å². The van der Waals surface area contributed by atoms with Crippen LogP contribution in [-0.4, -0.2) is 28.1 Å². The van der Waals surface area contributed by atoms with E-state index in [1.54, 1.807) is 0 Å². The van der Waals surface area contributed by atoms with Crippen LogP contribution in [0.5, 0.6) is 0 Å². The van der Waals surface area contributed by atoms with E-state index < -0.39 is 24.6 Å². The molecule has 98 valence electrons. The zero-order valence-corrected chi connectivity index (χ0v) is 12.6. The molecule has 1 aliphatic rings. The summed E-state index contributed by atoms with van der Waals surface area (Å²) < 4.78 is 27.3. The maximum absolute atomic E-state index is 10.7. The Hall–Kier alpha value is -0.383. The second kappa shape index (κ2) is 5.51. The van der Waals surface area contributed by atoms with E-state index in [9.17, 15) is 13.7 Å². The average Bonchev–Trinajstić information content (AvgIpc) is 2.18. The van der Waals surface area contributed by atoms with Crippen molar-refractivity contribution in [1.82, 2.24) is 0 Å². The summed E-state index contributed by atoms with van der Waals surface area (Å²) in [4.78, 5) is 0. The van der Waals surface area contributed by atoms with E-state index >= 15 is 0 Å². The zero-order valence-electron chi connectivity index (χ0n) is 10.7. The summed E-state index contributed by atoms with van der Waals surface area (Å²) in [5.41, 5.74) is -0.657. The van der Waals surface area contributed by atoms with Crippen molar-refractivity contribution in [2.45, 2.75) is 50.9 Å². The Balaban J connectivity index is 2.61. The Labute approximate surface area is 106 Å². The molecule has 1 fully saturated rings. The molecule has 0 heterocycles. The lowest BCUT2D eigenvalue weighted by atomic mass is 9.80. The highest BCUT2D eigenvalue weighted by molar-refractivity contribution is 7.72. The molecule has 0 atom stereocenters. The SMILES string of the molecule is C[Si](C)(C)OC1(C#N)CCC(C[SH](=O)=O)CC1. The third kappa shape index (κ3) is 4.78. The minimum absolute atomic E-state index is 0.211. The van der Waals surface area contributed by atoms with Gasteiger partial charge in [0.15, 0.2) is 8.32 Å². The number of nitriles is 1. The van der Waals surface area contributed by atoms with E-state index in [0.29, 0.717) is 12.8 Å². The summed E-state index contributed by atoms with van der Waals surface area (Å²) in [5.74, 6) is 0.465. The molecule has 17 heavy (non-hydrogen) atoms. The quantitative estimate of drug-likeness (QED) is 0.628. The molecule has 0 N–H and O–H groups in total. The topological polar surface area (TPSA) is 67.2 Å². The number of thiol groups is 1. The van der Waals surface area contributed by atoms with E-state index in [-0.39, 0.29) is 11.7 Å². The van der Waals surface area contributed by atoms with Gasteiger partial charge in [-0.2, -0.15) is 5.26 Å². The van der Waals surface area contributed by atoms with Crippen LogP contribution in [0, 0.1) is 17.2 Å². The van der Waals surface area contributed by atoms with Gasteiger partial charge in [0.25, 0.3) is 0 Å². The normalized spacial score (nSPS) is 30.2. The van der Waals surface area contributed by atoms with Crippen LogP contribution in [0.15, 0.2) is 0 Å². The fourth-order valence-electron chi connectivity index (χ4n) is 2.36. The molecule has 0 saturated heterocycles. The fraction of sp³-hybridized carbons (Fsp3) is 0.909. The van der Waals surface area contributed by atoms with Gasteiger partial charge in [-0.05, 0) is 51.2 Å². The van der Waals surface area contributed by atoms with Crippen molar-refractivity contribution >= 4 is 19.0 Å². The first-order valence-electron chi connectivity index (χ1n) is 6.00. The monoisotopic (exact) mass is 275 g/mol. The van der Waals surface area contributed by atoms with Crippen LogP contribution in [0.2, 0.25) is 19.6 Å². The largest absolute Gasteiger partial charge is 0.400 e. The van der Waals surface area contributed by atoms with Crippen molar-refractivity contribution < 1.29 is 12.8 Å². The van der Waals surface area contributed by atoms with Crippen LogP contribution in [0.1, 0.15) is 25.7 Å². The maximum Gasteiger partial charge on any atom is 0.185 e. The molecule has 0 aromatic rings. The van der Waals surface area contributed by atoms with Gasteiger partial charge in [-0.3, -0.25) is 0 Å². The minimum Gasteiger partial charge on any atom is -0.400 e. The van der Waals surface area contributed by atoms with E-state index in [4.69, 9.17) is 4.43 Å². The Morgan fingerprint density at radius 2 is 1.88 bits per heavy atom. The predicted molar refractivity (Wildman–Crippen MR) is 69.9 cm³/mol. The lowest BCUT2D eigenvalue weighted by Crippen LogP contribution is -2.44. The zero-order chi connectivity index (χ0) is 13.1. The summed E-state index contributed by atoms with van der Waals surface area (Å²) >= 11 is 0. The van der Waals surface area contributed by atoms with E-state index in [0.717, 1.165) is 12.8 Å². The van der Waals surface area contributed by atoms with Crippen LogP contribution in [0.4, 0.5) is 0 Å². The Morgan fingerprint density at radius 3 is 2.24 bits per heavy atom. The molecule has 0 aliphatic heterocycles. The first kappa shape index (κ1) is 14.7. The van der Waals surface area contributed by atoms with Crippen molar-refractivity contribution in [2.75, 3.05) is 5.75 Å². The molecule has 1 aliphatic carbocycles. The number of rotatable bonds is 4. The van der Waals surface area contributed by atoms with E-state index in [1.165, 1.54) is 0 Å². The van der Waals surface area contributed by atoms with Gasteiger partial charge in [-0.15, -0.1) is 0 Å². The third-order valence-electron chi connectivity index (χ3n) is 3.03. The average molecular weight is 275 g/mol. The number of nitrogens with zero attached hydrogens (tertiary/aromatic N) is 1. The molecule has 0 radical (unpaired) electrons. The minimum atomic E-state index is -2.30. The smallest absolute Gasteiger partial charge is 0.185 e. The second-order valence-electron chi connectivity index (χ2n) is 5.78. The molecular weight excluding hydrogens is 254 g/mol. The van der Waals surface area contributed by atoms with Gasteiger partial charge in [0.1, 0.15) is 16.3 Å². The standard InChI is InChI=1S/C11H21NO3SSi/c1-17(2,3)15-11(9-12)6-4-10(5-7-11)8-16(13)14/h10,16H,4-8H2,1-3H3. The first-order valence-corrected chi connectivity index (χ1v) is 10.8. The molecule has 0 aromatic heterocycles. The van der Waals surface area contributed by atoms with Crippen molar-refractivity contribution in [3.8, 4) is 6.07 Å². The van der Waals surface area contributed by atoms with Gasteiger partial charge in [-0.25, -0.2) is 8.42 Å². The van der Waals surface area contributed by atoms with E-state index in [1.807, 2.05) is 0 Å². The summed E-state index contributed by atoms with van der Waals surface area (Å²) in [6, 6.07) is 2.31. The summed E-state index contributed by atoms with van der Waals surface area (Å²) in [6.07, 6.45) is 2.89. The molecule has 0 amide bonds. The molecule has 4 nitrogen and oxygen atoms in total. The molecule has 0 spiro atoms. The van der Waals surface area contributed by atoms with Gasteiger partial charge >= 0.3 is 0 Å². The molecule has 6 heteroatoms. The van der Waals surface area contributed by atoms with Crippen LogP contribution in [0.25, 0.3) is 0 Å². The predicted octanol–water partition coefficient (Wildman–Crippen LogP) is 1.90. The highest BCUT2D eigenvalue weighted by Crippen LogP contribution is 2.36. The number of hydrogen-bond acceptors (Lipinski definition) is 4. The molecular formula is C11H21NO3SSi. The molecule has 1 saturated carbocycles. The van der Waals surface area contributed by atoms with Crippen molar-refractivity contribution in [3.63, 3.8) is 0 Å². The Morgan fingerprint density at radius 1 is 1.35 bits per heavy atom. The Bertz CT molecular complexity index is 365. The lowest BCUT2D eigenvalue weighted by Gasteiger charge is -2.38. The Kier molecular flexibility index (Phi) is 4.75. The maximum atomic E-state index is 10.7. The van der Waals surface area contributed by atoms with Crippen LogP contribution in [-0.2, 0) is 15.1 Å². The van der Waals surface area contributed by atoms with E-state index in [2.05, 4.69) is 25.7 Å². The third-order valence-corrected chi connectivity index (χ3v) is 4.84. The molecule has 0 aromatic carbocycles. The van der Waals surface area contributed by atoms with Gasteiger partial charge in [0, 0.05) is 0 Å². The highest BCUT2D eigenvalue weighted by atomic mass is 32.2. The first-order chi connectivity index (χ1) is 7.76. The lowest BCUT2D eigenvalue weighted by molar-refractivity contribution is 0.0631. The van der Waals surface area contributed by atoms with Crippen molar-refractivity contribution in [1.29, 1.82) is 5.26 Å². The second-order valence-corrected chi connectivity index (χ2v) is 11.2. The molecule has 0 bridgehead atoms. The summed E-state index contributed by atoms with van der Waals surface area (Å²) in [5, 5.41) is 9.30. The van der Waals surface area contributed by atoms with Gasteiger partial charge in [-0.1, -0.05) is 0 Å². The summed E-state index contributed by atoms with van der Waals surface area (Å²) in [7, 11) is -4.03. The highest BCUT2D eigenvalue weighted by Gasteiger charge is 2.39. The molecule has 0 unspecified atom stereocenters. The van der Waals surface area contributed by atoms with Crippen LogP contribution >= 0.6 is 0 Å². The van der Waals surface area contributed by atoms with Crippen molar-refractivity contribution in [2.24, 2.45) is 5.92 Å². The van der Waals surface area contributed by atoms with Gasteiger partial charge in [0.2, 0.25) is 0 Å². The summed E-state index contributed by atoms with van der Waals surface area (Å²) in [6.45, 7) is 6.23. The van der Waals surface area contributed by atoms with Crippen LogP contribution < -0.4 is 0 Å². The van der Waals surface area contributed by atoms with Crippen molar-refractivity contribution in [3.05, 3.63) is 0 Å². The van der Waals surface area contributed by atoms with Crippen LogP contribution in [0.3, 0.4) is 0 Å². The van der Waals surface area contributed by atoms with Gasteiger partial charge < -0.3 is 4.43 Å². The molecule has 1 rings (SSSR count). The fourth-order valence-corrected chi connectivity index (χ4v) is 4.57.